The molecule has 3 aromatic rings. The topological polar surface area (TPSA) is 72.6 Å². The van der Waals surface area contributed by atoms with E-state index in [2.05, 4.69) is 16.3 Å². The van der Waals surface area contributed by atoms with Crippen LogP contribution in [0.4, 0.5) is 17.6 Å². The highest BCUT2D eigenvalue weighted by Gasteiger charge is 2.35. The number of likely N-dealkylation sites (tertiary alicyclic amines) is 1. The number of alkyl halides is 3. The standard InChI is InChI=1S/C24H22F4N5O2S/c1-14-10-21(24(26,27)28)30-33(14)12-22(34)32-8-6-15(7-9-32)23-29-19(13-36-23)18-11-20(35-31-18)16-4-2-3-5-17(16)25/h2-3,5,10,13,15,20H,6-9,11-12H2,1H3. The number of halogens is 4. The van der Waals surface area contributed by atoms with Crippen molar-refractivity contribution in [2.45, 2.75) is 50.9 Å². The Morgan fingerprint density at radius 2 is 2.08 bits per heavy atom. The zero-order chi connectivity index (χ0) is 25.4. The van der Waals surface area contributed by atoms with Crippen LogP contribution in [0, 0.1) is 18.8 Å². The van der Waals surface area contributed by atoms with Crippen LogP contribution in [0.2, 0.25) is 0 Å². The number of carbonyl (C=O) groups is 1. The summed E-state index contributed by atoms with van der Waals surface area (Å²) in [5.41, 5.74) is 0.974. The monoisotopic (exact) mass is 520 g/mol. The number of benzene rings is 1. The summed E-state index contributed by atoms with van der Waals surface area (Å²) in [5, 5.41) is 10.5. The molecular weight excluding hydrogens is 498 g/mol. The highest BCUT2D eigenvalue weighted by Crippen LogP contribution is 2.34. The van der Waals surface area contributed by atoms with Crippen LogP contribution in [0.5, 0.6) is 0 Å². The zero-order valence-electron chi connectivity index (χ0n) is 19.3. The fraction of sp³-hybridized carbons (Fsp3) is 0.417. The molecule has 7 nitrogen and oxygen atoms in total. The Morgan fingerprint density at radius 1 is 1.31 bits per heavy atom. The number of hydrogen-bond donors (Lipinski definition) is 0. The summed E-state index contributed by atoms with van der Waals surface area (Å²) in [6, 6.07) is 8.38. The SMILES string of the molecule is Cc1cc(C(F)(F)F)nn1CC(=O)N1CCC(c2nc(C3=NOC(c4[c]cccc4F)C3)cs2)CC1. The van der Waals surface area contributed by atoms with Gasteiger partial charge >= 0.3 is 6.18 Å². The molecule has 1 fully saturated rings. The first-order valence-corrected chi connectivity index (χ1v) is 12.3. The summed E-state index contributed by atoms with van der Waals surface area (Å²) in [6.07, 6.45) is -3.29. The van der Waals surface area contributed by atoms with Crippen LogP contribution in [-0.2, 0) is 22.4 Å². The van der Waals surface area contributed by atoms with Gasteiger partial charge in [0.1, 0.15) is 18.1 Å². The Morgan fingerprint density at radius 3 is 2.78 bits per heavy atom. The maximum absolute atomic E-state index is 14.0. The normalized spacial score (nSPS) is 18.9. The Hall–Kier alpha value is -3.28. The molecule has 1 unspecified atom stereocenters. The van der Waals surface area contributed by atoms with Crippen molar-refractivity contribution in [3.63, 3.8) is 0 Å². The van der Waals surface area contributed by atoms with E-state index in [1.54, 1.807) is 17.0 Å². The zero-order valence-corrected chi connectivity index (χ0v) is 20.1. The number of nitrogens with zero attached hydrogens (tertiary/aromatic N) is 5. The maximum Gasteiger partial charge on any atom is 0.435 e. The Kier molecular flexibility index (Phi) is 6.54. The lowest BCUT2D eigenvalue weighted by Crippen LogP contribution is -2.40. The molecular formula is C24H22F4N5O2S. The molecule has 0 aliphatic carbocycles. The number of aryl methyl sites for hydroxylation is 1. The van der Waals surface area contributed by atoms with E-state index < -0.39 is 18.0 Å². The summed E-state index contributed by atoms with van der Waals surface area (Å²) in [4.78, 5) is 24.5. The van der Waals surface area contributed by atoms with Crippen LogP contribution in [-0.4, -0.2) is 44.4 Å². The van der Waals surface area contributed by atoms with E-state index in [9.17, 15) is 22.4 Å². The molecule has 2 aliphatic heterocycles. The van der Waals surface area contributed by atoms with Gasteiger partial charge in [0.05, 0.1) is 10.7 Å². The van der Waals surface area contributed by atoms with E-state index in [1.165, 1.54) is 24.3 Å². The summed E-state index contributed by atoms with van der Waals surface area (Å²) in [5.74, 6) is -0.487. The second-order valence-electron chi connectivity index (χ2n) is 8.82. The highest BCUT2D eigenvalue weighted by atomic mass is 32.1. The van der Waals surface area contributed by atoms with E-state index >= 15 is 0 Å². The number of rotatable bonds is 5. The molecule has 2 aromatic heterocycles. The van der Waals surface area contributed by atoms with Crippen LogP contribution < -0.4 is 0 Å². The molecule has 189 valence electrons. The molecule has 12 heteroatoms. The smallest absolute Gasteiger partial charge is 0.387 e. The predicted molar refractivity (Wildman–Crippen MR) is 123 cm³/mol. The lowest BCUT2D eigenvalue weighted by molar-refractivity contribution is -0.142. The quantitative estimate of drug-likeness (QED) is 0.450. The van der Waals surface area contributed by atoms with Crippen molar-refractivity contribution in [3.8, 4) is 0 Å². The van der Waals surface area contributed by atoms with Crippen LogP contribution in [0.3, 0.4) is 0 Å². The van der Waals surface area contributed by atoms with Gasteiger partial charge in [0.15, 0.2) is 11.8 Å². The lowest BCUT2D eigenvalue weighted by atomic mass is 9.97. The molecule has 2 aliphatic rings. The third-order valence-corrected chi connectivity index (χ3v) is 7.40. The van der Waals surface area contributed by atoms with Crippen molar-refractivity contribution >= 4 is 23.0 Å². The lowest BCUT2D eigenvalue weighted by Gasteiger charge is -2.31. The second-order valence-corrected chi connectivity index (χ2v) is 9.71. The fourth-order valence-corrected chi connectivity index (χ4v) is 5.38. The van der Waals surface area contributed by atoms with Gasteiger partial charge in [-0.2, -0.15) is 18.3 Å². The van der Waals surface area contributed by atoms with Crippen molar-refractivity contribution in [1.29, 1.82) is 0 Å². The van der Waals surface area contributed by atoms with Gasteiger partial charge in [0, 0.05) is 42.1 Å². The molecule has 1 aromatic carbocycles. The Labute approximate surface area is 208 Å². The first-order valence-electron chi connectivity index (χ1n) is 11.4. The minimum absolute atomic E-state index is 0.162. The molecule has 36 heavy (non-hydrogen) atoms. The van der Waals surface area contributed by atoms with Crippen LogP contribution in [0.25, 0.3) is 0 Å². The van der Waals surface area contributed by atoms with Crippen LogP contribution >= 0.6 is 11.3 Å². The Balaban J connectivity index is 1.16. The van der Waals surface area contributed by atoms with E-state index in [-0.39, 0.29) is 29.9 Å². The predicted octanol–water partition coefficient (Wildman–Crippen LogP) is 4.88. The average molecular weight is 521 g/mol. The third-order valence-electron chi connectivity index (χ3n) is 6.40. The van der Waals surface area contributed by atoms with E-state index in [0.29, 0.717) is 49.3 Å². The van der Waals surface area contributed by atoms with Gasteiger partial charge in [-0.15, -0.1) is 11.3 Å². The first kappa shape index (κ1) is 24.4. The van der Waals surface area contributed by atoms with Gasteiger partial charge in [0.2, 0.25) is 5.91 Å². The second kappa shape index (κ2) is 9.64. The van der Waals surface area contributed by atoms with Crippen molar-refractivity contribution in [1.82, 2.24) is 19.7 Å². The molecule has 1 atom stereocenters. The minimum Gasteiger partial charge on any atom is -0.387 e. The molecule has 1 amide bonds. The number of carbonyl (C=O) groups excluding carboxylic acids is 1. The molecule has 0 N–H and O–H groups in total. The maximum atomic E-state index is 14.0. The third kappa shape index (κ3) is 4.99. The summed E-state index contributed by atoms with van der Waals surface area (Å²) in [6.45, 7) is 2.24. The van der Waals surface area contributed by atoms with Crippen LogP contribution in [0.15, 0.2) is 34.8 Å². The molecule has 0 bridgehead atoms. The minimum atomic E-state index is -4.54. The summed E-state index contributed by atoms with van der Waals surface area (Å²) < 4.78 is 53.8. The van der Waals surface area contributed by atoms with Crippen molar-refractivity contribution in [3.05, 3.63) is 69.2 Å². The molecule has 0 saturated carbocycles. The fourth-order valence-electron chi connectivity index (χ4n) is 4.38. The summed E-state index contributed by atoms with van der Waals surface area (Å²) >= 11 is 1.51. The van der Waals surface area contributed by atoms with Gasteiger partial charge in [-0.1, -0.05) is 17.3 Å². The van der Waals surface area contributed by atoms with Crippen molar-refractivity contribution in [2.75, 3.05) is 13.1 Å². The van der Waals surface area contributed by atoms with Crippen LogP contribution in [0.1, 0.15) is 58.9 Å². The largest absolute Gasteiger partial charge is 0.435 e. The molecule has 4 heterocycles. The Bertz CT molecular complexity index is 1290. The number of amides is 1. The van der Waals surface area contributed by atoms with Crippen molar-refractivity contribution in [2.24, 2.45) is 5.16 Å². The van der Waals surface area contributed by atoms with Gasteiger partial charge in [-0.05, 0) is 38.0 Å². The molecule has 0 spiro atoms. The number of aromatic nitrogens is 3. The number of piperidine rings is 1. The van der Waals surface area contributed by atoms with Gasteiger partial charge in [0.25, 0.3) is 0 Å². The van der Waals surface area contributed by atoms with Gasteiger partial charge in [-0.3, -0.25) is 9.48 Å². The summed E-state index contributed by atoms with van der Waals surface area (Å²) in [7, 11) is 0. The van der Waals surface area contributed by atoms with Gasteiger partial charge in [-0.25, -0.2) is 9.37 Å². The van der Waals surface area contributed by atoms with E-state index in [1.807, 2.05) is 5.38 Å². The number of hydrogen-bond acceptors (Lipinski definition) is 6. The first-order chi connectivity index (χ1) is 17.2. The van der Waals surface area contributed by atoms with E-state index in [0.717, 1.165) is 15.8 Å². The molecule has 5 rings (SSSR count). The molecule has 1 saturated heterocycles. The number of oxime groups is 1. The number of thiazole rings is 1. The molecule has 1 radical (unpaired) electrons. The average Bonchev–Trinajstić information content (AvgIpc) is 3.59. The van der Waals surface area contributed by atoms with Crippen molar-refractivity contribution < 1.29 is 27.2 Å². The highest BCUT2D eigenvalue weighted by molar-refractivity contribution is 7.10. The van der Waals surface area contributed by atoms with Gasteiger partial charge < -0.3 is 9.74 Å². The van der Waals surface area contributed by atoms with E-state index in [4.69, 9.17) is 9.82 Å².